The van der Waals surface area contributed by atoms with Gasteiger partial charge in [-0.25, -0.2) is 4.98 Å². The van der Waals surface area contributed by atoms with Crippen molar-refractivity contribution in [3.8, 4) is 11.1 Å². The summed E-state index contributed by atoms with van der Waals surface area (Å²) >= 11 is 11.9. The first-order valence-electron chi connectivity index (χ1n) is 5.25. The minimum atomic E-state index is -0.152. The van der Waals surface area contributed by atoms with E-state index in [1.165, 1.54) is 6.92 Å². The molecule has 0 unspecified atom stereocenters. The van der Waals surface area contributed by atoms with Crippen LogP contribution in [0.1, 0.15) is 6.92 Å². The predicted molar refractivity (Wildman–Crippen MR) is 74.0 cm³/mol. The van der Waals surface area contributed by atoms with Crippen molar-refractivity contribution in [2.24, 2.45) is 0 Å². The lowest BCUT2D eigenvalue weighted by Gasteiger charge is -2.05. The molecule has 0 saturated carbocycles. The average Bonchev–Trinajstić information content (AvgIpc) is 2.27. The van der Waals surface area contributed by atoms with Gasteiger partial charge in [-0.1, -0.05) is 23.2 Å². The molecule has 0 atom stereocenters. The molecule has 0 spiro atoms. The van der Waals surface area contributed by atoms with Crippen LogP contribution in [-0.4, -0.2) is 10.9 Å². The Kier molecular flexibility index (Phi) is 3.84. The van der Waals surface area contributed by atoms with Crippen LogP contribution in [0.3, 0.4) is 0 Å². The molecule has 2 aromatic rings. The first kappa shape index (κ1) is 12.9. The first-order chi connectivity index (χ1) is 8.54. The maximum Gasteiger partial charge on any atom is 0.222 e. The zero-order chi connectivity index (χ0) is 13.1. The van der Waals surface area contributed by atoms with E-state index in [0.717, 1.165) is 11.1 Å². The zero-order valence-corrected chi connectivity index (χ0v) is 11.1. The fraction of sp³-hybridized carbons (Fsp3) is 0.0769. The predicted octanol–water partition coefficient (Wildman–Crippen LogP) is 4.01. The Balaban J connectivity index is 2.31. The van der Waals surface area contributed by atoms with E-state index in [0.29, 0.717) is 15.9 Å². The molecule has 0 aliphatic heterocycles. The van der Waals surface area contributed by atoms with Crippen LogP contribution in [0.25, 0.3) is 11.1 Å². The van der Waals surface area contributed by atoms with Crippen molar-refractivity contribution in [2.45, 2.75) is 6.92 Å². The molecule has 0 saturated heterocycles. The molecule has 2 rings (SSSR count). The van der Waals surface area contributed by atoms with Gasteiger partial charge < -0.3 is 5.32 Å². The van der Waals surface area contributed by atoms with Crippen LogP contribution in [0.5, 0.6) is 0 Å². The fourth-order valence-corrected chi connectivity index (χ4v) is 2.07. The lowest BCUT2D eigenvalue weighted by Crippen LogP contribution is -2.06. The number of anilines is 1. The largest absolute Gasteiger partial charge is 0.311 e. The van der Waals surface area contributed by atoms with Gasteiger partial charge in [-0.3, -0.25) is 4.79 Å². The van der Waals surface area contributed by atoms with Crippen molar-refractivity contribution in [3.05, 3.63) is 46.6 Å². The molecular weight excluding hydrogens is 271 g/mol. The molecule has 0 fully saturated rings. The summed E-state index contributed by atoms with van der Waals surface area (Å²) in [5.41, 5.74) is 1.77. The number of nitrogens with zero attached hydrogens (tertiary/aromatic N) is 1. The van der Waals surface area contributed by atoms with Crippen LogP contribution in [0, 0.1) is 0 Å². The number of hydrogen-bond acceptors (Lipinski definition) is 2. The summed E-state index contributed by atoms with van der Waals surface area (Å²) in [6.07, 6.45) is 1.66. The normalized spacial score (nSPS) is 10.2. The third-order valence-corrected chi connectivity index (χ3v) is 2.70. The lowest BCUT2D eigenvalue weighted by atomic mass is 10.1. The maximum atomic E-state index is 10.9. The van der Waals surface area contributed by atoms with E-state index in [1.54, 1.807) is 18.3 Å². The zero-order valence-electron chi connectivity index (χ0n) is 9.58. The minimum absolute atomic E-state index is 0.152. The van der Waals surface area contributed by atoms with E-state index in [4.69, 9.17) is 23.2 Å². The SMILES string of the molecule is CC(=O)Nc1ccc(-c2cc(Cl)cc(Cl)c2)cn1. The van der Waals surface area contributed by atoms with Crippen LogP contribution in [0.4, 0.5) is 5.82 Å². The third kappa shape index (κ3) is 3.22. The molecular formula is C13H10Cl2N2O. The number of benzene rings is 1. The molecule has 1 amide bonds. The van der Waals surface area contributed by atoms with Gasteiger partial charge in [0.1, 0.15) is 5.82 Å². The van der Waals surface area contributed by atoms with Crippen molar-refractivity contribution >= 4 is 34.9 Å². The van der Waals surface area contributed by atoms with Crippen LogP contribution >= 0.6 is 23.2 Å². The number of aromatic nitrogens is 1. The Hall–Kier alpha value is -1.58. The van der Waals surface area contributed by atoms with E-state index in [9.17, 15) is 4.79 Å². The standard InChI is InChI=1S/C13H10Cl2N2O/c1-8(18)17-13-3-2-9(7-16-13)10-4-11(14)6-12(15)5-10/h2-7H,1H3,(H,16,17,18). The molecule has 1 heterocycles. The number of nitrogens with one attached hydrogen (secondary N) is 1. The lowest BCUT2D eigenvalue weighted by molar-refractivity contribution is -0.114. The van der Waals surface area contributed by atoms with E-state index >= 15 is 0 Å². The monoisotopic (exact) mass is 280 g/mol. The van der Waals surface area contributed by atoms with Gasteiger partial charge in [0, 0.05) is 28.7 Å². The highest BCUT2D eigenvalue weighted by Gasteiger charge is 2.03. The molecule has 1 N–H and O–H groups in total. The molecule has 92 valence electrons. The van der Waals surface area contributed by atoms with Gasteiger partial charge in [0.05, 0.1) is 0 Å². The van der Waals surface area contributed by atoms with Crippen molar-refractivity contribution < 1.29 is 4.79 Å². The first-order valence-corrected chi connectivity index (χ1v) is 6.00. The van der Waals surface area contributed by atoms with Crippen molar-refractivity contribution in [1.29, 1.82) is 0 Å². The maximum absolute atomic E-state index is 10.9. The number of amides is 1. The molecule has 1 aromatic heterocycles. The number of hydrogen-bond donors (Lipinski definition) is 1. The fourth-order valence-electron chi connectivity index (χ4n) is 1.54. The van der Waals surface area contributed by atoms with Gasteiger partial charge in [-0.05, 0) is 35.9 Å². The molecule has 0 bridgehead atoms. The summed E-state index contributed by atoms with van der Waals surface area (Å²) < 4.78 is 0. The van der Waals surface area contributed by atoms with Gasteiger partial charge in [0.2, 0.25) is 5.91 Å². The van der Waals surface area contributed by atoms with Crippen molar-refractivity contribution in [1.82, 2.24) is 4.98 Å². The second-order valence-electron chi connectivity index (χ2n) is 3.77. The molecule has 0 aliphatic carbocycles. The second kappa shape index (κ2) is 5.38. The van der Waals surface area contributed by atoms with E-state index < -0.39 is 0 Å². The Bertz CT molecular complexity index is 562. The van der Waals surface area contributed by atoms with Crippen LogP contribution in [0.2, 0.25) is 10.0 Å². The van der Waals surface area contributed by atoms with Crippen LogP contribution in [0.15, 0.2) is 36.5 Å². The van der Waals surface area contributed by atoms with Gasteiger partial charge in [0.25, 0.3) is 0 Å². The highest BCUT2D eigenvalue weighted by atomic mass is 35.5. The summed E-state index contributed by atoms with van der Waals surface area (Å²) in [5, 5.41) is 3.75. The number of carbonyl (C=O) groups excluding carboxylic acids is 1. The van der Waals surface area contributed by atoms with Crippen molar-refractivity contribution in [3.63, 3.8) is 0 Å². The van der Waals surface area contributed by atoms with E-state index in [-0.39, 0.29) is 5.91 Å². The summed E-state index contributed by atoms with van der Waals surface area (Å²) in [5.74, 6) is 0.362. The topological polar surface area (TPSA) is 42.0 Å². The van der Waals surface area contributed by atoms with E-state index in [1.807, 2.05) is 18.2 Å². The van der Waals surface area contributed by atoms with Crippen LogP contribution in [-0.2, 0) is 4.79 Å². The van der Waals surface area contributed by atoms with Gasteiger partial charge in [-0.15, -0.1) is 0 Å². The average molecular weight is 281 g/mol. The minimum Gasteiger partial charge on any atom is -0.311 e. The molecule has 18 heavy (non-hydrogen) atoms. The second-order valence-corrected chi connectivity index (χ2v) is 4.64. The molecule has 5 heteroatoms. The number of rotatable bonds is 2. The third-order valence-electron chi connectivity index (χ3n) is 2.26. The van der Waals surface area contributed by atoms with Gasteiger partial charge >= 0.3 is 0 Å². The Morgan fingerprint density at radius 2 is 1.78 bits per heavy atom. The summed E-state index contributed by atoms with van der Waals surface area (Å²) in [6, 6.07) is 8.86. The van der Waals surface area contributed by atoms with Gasteiger partial charge in [0.15, 0.2) is 0 Å². The highest BCUT2D eigenvalue weighted by molar-refractivity contribution is 6.35. The summed E-state index contributed by atoms with van der Waals surface area (Å²) in [6.45, 7) is 1.44. The van der Waals surface area contributed by atoms with Crippen molar-refractivity contribution in [2.75, 3.05) is 5.32 Å². The molecule has 0 radical (unpaired) electrons. The Morgan fingerprint density at radius 1 is 1.11 bits per heavy atom. The smallest absolute Gasteiger partial charge is 0.222 e. The van der Waals surface area contributed by atoms with Gasteiger partial charge in [-0.2, -0.15) is 0 Å². The summed E-state index contributed by atoms with van der Waals surface area (Å²) in [7, 11) is 0. The molecule has 3 nitrogen and oxygen atoms in total. The Labute approximate surface area is 115 Å². The van der Waals surface area contributed by atoms with Crippen LogP contribution < -0.4 is 5.32 Å². The number of halogens is 2. The molecule has 0 aliphatic rings. The van der Waals surface area contributed by atoms with E-state index in [2.05, 4.69) is 10.3 Å². The number of carbonyl (C=O) groups is 1. The summed E-state index contributed by atoms with van der Waals surface area (Å²) in [4.78, 5) is 15.0. The highest BCUT2D eigenvalue weighted by Crippen LogP contribution is 2.27. The molecule has 1 aromatic carbocycles. The quantitative estimate of drug-likeness (QED) is 0.903. The number of pyridine rings is 1. The Morgan fingerprint density at radius 3 is 2.28 bits per heavy atom.